The van der Waals surface area contributed by atoms with Crippen LogP contribution in [-0.4, -0.2) is 48.0 Å². The number of aliphatic hydroxyl groups excluding tert-OH is 2. The molecule has 4 atom stereocenters. The van der Waals surface area contributed by atoms with Gasteiger partial charge in [0.05, 0.1) is 18.8 Å². The second kappa shape index (κ2) is 5.70. The molecule has 8 nitrogen and oxygen atoms in total. The molecule has 0 aromatic carbocycles. The molecule has 0 amide bonds. The molecule has 0 bridgehead atoms. The lowest BCUT2D eigenvalue weighted by atomic mass is 10.1. The quantitative estimate of drug-likeness (QED) is 0.666. The van der Waals surface area contributed by atoms with Gasteiger partial charge in [-0.3, -0.25) is 9.36 Å². The lowest BCUT2D eigenvalue weighted by molar-refractivity contribution is -0.0299. The van der Waals surface area contributed by atoms with Crippen LogP contribution in [0.4, 0.5) is 0 Å². The SMILES string of the molecule is CC.CC1OC(n2cnc3c(=O)[nH]cnc32)C(O)C1O. The summed E-state index contributed by atoms with van der Waals surface area (Å²) < 4.78 is 6.90. The summed E-state index contributed by atoms with van der Waals surface area (Å²) in [6.45, 7) is 5.66. The molecular formula is C12H18N4O4. The van der Waals surface area contributed by atoms with Gasteiger partial charge < -0.3 is 19.9 Å². The summed E-state index contributed by atoms with van der Waals surface area (Å²) in [7, 11) is 0. The maximum Gasteiger partial charge on any atom is 0.278 e. The summed E-state index contributed by atoms with van der Waals surface area (Å²) in [6.07, 6.45) is -0.734. The number of aromatic nitrogens is 4. The number of hydrogen-bond donors (Lipinski definition) is 3. The maximum atomic E-state index is 11.5. The zero-order valence-electron chi connectivity index (χ0n) is 11.5. The first-order valence-corrected chi connectivity index (χ1v) is 6.51. The van der Waals surface area contributed by atoms with Gasteiger partial charge in [-0.25, -0.2) is 9.97 Å². The van der Waals surface area contributed by atoms with Gasteiger partial charge in [0.15, 0.2) is 17.4 Å². The van der Waals surface area contributed by atoms with E-state index in [2.05, 4.69) is 15.0 Å². The fraction of sp³-hybridized carbons (Fsp3) is 0.583. The monoisotopic (exact) mass is 282 g/mol. The van der Waals surface area contributed by atoms with Gasteiger partial charge in [0.1, 0.15) is 12.2 Å². The second-order valence-electron chi connectivity index (χ2n) is 4.27. The number of H-pyrrole nitrogens is 1. The predicted molar refractivity (Wildman–Crippen MR) is 71.1 cm³/mol. The molecule has 3 rings (SSSR count). The Hall–Kier alpha value is -1.77. The number of aliphatic hydroxyl groups is 2. The Balaban J connectivity index is 0.000000704. The molecule has 2 aromatic rings. The van der Waals surface area contributed by atoms with E-state index in [1.165, 1.54) is 17.2 Å². The van der Waals surface area contributed by atoms with E-state index in [4.69, 9.17) is 4.74 Å². The summed E-state index contributed by atoms with van der Waals surface area (Å²) in [5, 5.41) is 19.6. The molecule has 0 spiro atoms. The largest absolute Gasteiger partial charge is 0.388 e. The summed E-state index contributed by atoms with van der Waals surface area (Å²) >= 11 is 0. The smallest absolute Gasteiger partial charge is 0.278 e. The summed E-state index contributed by atoms with van der Waals surface area (Å²) in [5.41, 5.74) is 0.117. The highest BCUT2D eigenvalue weighted by molar-refractivity contribution is 5.68. The topological polar surface area (TPSA) is 113 Å². The van der Waals surface area contributed by atoms with Gasteiger partial charge in [-0.1, -0.05) is 13.8 Å². The van der Waals surface area contributed by atoms with Crippen molar-refractivity contribution in [2.75, 3.05) is 0 Å². The van der Waals surface area contributed by atoms with Crippen LogP contribution in [0.3, 0.4) is 0 Å². The molecule has 4 unspecified atom stereocenters. The maximum absolute atomic E-state index is 11.5. The molecule has 3 heterocycles. The zero-order chi connectivity index (χ0) is 14.9. The third-order valence-corrected chi connectivity index (χ3v) is 3.12. The molecule has 0 aliphatic carbocycles. The molecular weight excluding hydrogens is 264 g/mol. The molecule has 3 N–H and O–H groups in total. The predicted octanol–water partition coefficient (Wildman–Crippen LogP) is -0.215. The Labute approximate surface area is 115 Å². The van der Waals surface area contributed by atoms with Crippen LogP contribution in [0, 0.1) is 0 Å². The lowest BCUT2D eigenvalue weighted by Crippen LogP contribution is -2.30. The third kappa shape index (κ3) is 2.21. The van der Waals surface area contributed by atoms with Crippen LogP contribution in [0.2, 0.25) is 0 Å². The first-order valence-electron chi connectivity index (χ1n) is 6.51. The highest BCUT2D eigenvalue weighted by Gasteiger charge is 2.41. The number of ether oxygens (including phenoxy) is 1. The molecule has 1 aliphatic heterocycles. The first-order chi connectivity index (χ1) is 9.59. The average Bonchev–Trinajstić information content (AvgIpc) is 2.99. The molecule has 1 saturated heterocycles. The number of aromatic amines is 1. The highest BCUT2D eigenvalue weighted by Crippen LogP contribution is 2.30. The van der Waals surface area contributed by atoms with Gasteiger partial charge in [0.2, 0.25) is 0 Å². The van der Waals surface area contributed by atoms with Crippen LogP contribution in [0.1, 0.15) is 27.0 Å². The fourth-order valence-corrected chi connectivity index (χ4v) is 2.11. The minimum absolute atomic E-state index is 0.169. The number of nitrogens with one attached hydrogen (secondary N) is 1. The van der Waals surface area contributed by atoms with Crippen molar-refractivity contribution >= 4 is 11.2 Å². The molecule has 1 aliphatic rings. The van der Waals surface area contributed by atoms with E-state index in [1.54, 1.807) is 6.92 Å². The van der Waals surface area contributed by atoms with Crippen molar-refractivity contribution in [2.24, 2.45) is 0 Å². The normalized spacial score (nSPS) is 29.2. The van der Waals surface area contributed by atoms with Crippen LogP contribution in [0.25, 0.3) is 11.2 Å². The van der Waals surface area contributed by atoms with Crippen LogP contribution in [0.5, 0.6) is 0 Å². The van der Waals surface area contributed by atoms with E-state index >= 15 is 0 Å². The van der Waals surface area contributed by atoms with Crippen molar-refractivity contribution < 1.29 is 14.9 Å². The Morgan fingerprint density at radius 2 is 2.00 bits per heavy atom. The van der Waals surface area contributed by atoms with Gasteiger partial charge in [-0.05, 0) is 6.92 Å². The Kier molecular flexibility index (Phi) is 4.17. The van der Waals surface area contributed by atoms with Crippen molar-refractivity contribution in [3.05, 3.63) is 23.0 Å². The van der Waals surface area contributed by atoms with E-state index in [1.807, 2.05) is 13.8 Å². The molecule has 1 fully saturated rings. The third-order valence-electron chi connectivity index (χ3n) is 3.12. The molecule has 0 saturated carbocycles. The molecule has 20 heavy (non-hydrogen) atoms. The van der Waals surface area contributed by atoms with Gasteiger partial charge in [-0.15, -0.1) is 0 Å². The molecule has 110 valence electrons. The van der Waals surface area contributed by atoms with Crippen molar-refractivity contribution in [3.63, 3.8) is 0 Å². The molecule has 0 radical (unpaired) electrons. The standard InChI is InChI=1S/C10H12N4O4.C2H6/c1-4-6(15)7(16)10(18-4)14-3-13-5-8(14)11-2-12-9(5)17;1-2/h2-4,6-7,10,15-16H,1H3,(H,11,12,17);1-2H3. The number of fused-ring (bicyclic) bond motifs is 1. The number of hydrogen-bond acceptors (Lipinski definition) is 6. The van der Waals surface area contributed by atoms with Crippen LogP contribution < -0.4 is 5.56 Å². The first kappa shape index (κ1) is 14.6. The number of imidazole rings is 1. The molecule has 8 heteroatoms. The average molecular weight is 282 g/mol. The van der Waals surface area contributed by atoms with Crippen LogP contribution in [0.15, 0.2) is 17.4 Å². The Morgan fingerprint density at radius 1 is 1.30 bits per heavy atom. The van der Waals surface area contributed by atoms with Crippen molar-refractivity contribution in [1.82, 2.24) is 19.5 Å². The van der Waals surface area contributed by atoms with E-state index in [-0.39, 0.29) is 11.1 Å². The van der Waals surface area contributed by atoms with E-state index < -0.39 is 24.5 Å². The van der Waals surface area contributed by atoms with Crippen molar-refractivity contribution in [2.45, 2.75) is 45.3 Å². The summed E-state index contributed by atoms with van der Waals surface area (Å²) in [6, 6.07) is 0. The Morgan fingerprint density at radius 3 is 2.60 bits per heavy atom. The number of nitrogens with zero attached hydrogens (tertiary/aromatic N) is 3. The second-order valence-corrected chi connectivity index (χ2v) is 4.27. The Bertz CT molecular complexity index is 638. The minimum atomic E-state index is -1.08. The fourth-order valence-electron chi connectivity index (χ4n) is 2.11. The van der Waals surface area contributed by atoms with E-state index in [0.717, 1.165) is 0 Å². The summed E-state index contributed by atoms with van der Waals surface area (Å²) in [5.74, 6) is 0. The minimum Gasteiger partial charge on any atom is -0.388 e. The van der Waals surface area contributed by atoms with Gasteiger partial charge >= 0.3 is 0 Å². The highest BCUT2D eigenvalue weighted by atomic mass is 16.6. The van der Waals surface area contributed by atoms with E-state index in [0.29, 0.717) is 5.65 Å². The number of rotatable bonds is 1. The van der Waals surface area contributed by atoms with Gasteiger partial charge in [0.25, 0.3) is 5.56 Å². The van der Waals surface area contributed by atoms with Crippen molar-refractivity contribution in [1.29, 1.82) is 0 Å². The van der Waals surface area contributed by atoms with Gasteiger partial charge in [-0.2, -0.15) is 0 Å². The van der Waals surface area contributed by atoms with Crippen LogP contribution >= 0.6 is 0 Å². The van der Waals surface area contributed by atoms with Crippen molar-refractivity contribution in [3.8, 4) is 0 Å². The zero-order valence-corrected chi connectivity index (χ0v) is 11.5. The summed E-state index contributed by atoms with van der Waals surface area (Å²) in [4.78, 5) is 21.8. The van der Waals surface area contributed by atoms with Crippen LogP contribution in [-0.2, 0) is 4.74 Å². The van der Waals surface area contributed by atoms with E-state index in [9.17, 15) is 15.0 Å². The molecule has 2 aromatic heterocycles. The van der Waals surface area contributed by atoms with Gasteiger partial charge in [0, 0.05) is 0 Å². The lowest BCUT2D eigenvalue weighted by Gasteiger charge is -2.16.